The van der Waals surface area contributed by atoms with Crippen LogP contribution < -0.4 is 5.32 Å². The van der Waals surface area contributed by atoms with Crippen molar-refractivity contribution >= 4 is 0 Å². The van der Waals surface area contributed by atoms with Gasteiger partial charge in [0.05, 0.1) is 6.20 Å². The van der Waals surface area contributed by atoms with E-state index < -0.39 is 0 Å². The van der Waals surface area contributed by atoms with E-state index in [4.69, 9.17) is 0 Å². The summed E-state index contributed by atoms with van der Waals surface area (Å²) in [5, 5.41) is 7.97. The van der Waals surface area contributed by atoms with Crippen molar-refractivity contribution < 1.29 is 0 Å². The Hall–Kier alpha value is -0.870. The molecule has 1 aromatic heterocycles. The van der Waals surface area contributed by atoms with Crippen LogP contribution >= 0.6 is 0 Å². The summed E-state index contributed by atoms with van der Waals surface area (Å²) in [6.07, 6.45) is 5.54. The van der Waals surface area contributed by atoms with E-state index in [9.17, 15) is 0 Å². The molecule has 0 spiro atoms. The van der Waals surface area contributed by atoms with Crippen molar-refractivity contribution in [3.8, 4) is 0 Å². The van der Waals surface area contributed by atoms with E-state index >= 15 is 0 Å². The number of nitrogens with one attached hydrogen (secondary N) is 1. The molecule has 0 amide bonds. The molecule has 1 aromatic rings. The van der Waals surface area contributed by atoms with Crippen LogP contribution in [0.4, 0.5) is 0 Å². The van der Waals surface area contributed by atoms with E-state index in [0.29, 0.717) is 18.0 Å². The molecule has 1 aliphatic rings. The Morgan fingerprint density at radius 2 is 2.28 bits per heavy atom. The Balaban J connectivity index is 2.11. The number of likely N-dealkylation sites (tertiary alicyclic amines) is 1. The second kappa shape index (κ2) is 5.85. The summed E-state index contributed by atoms with van der Waals surface area (Å²) in [5.74, 6) is 0.708. The molecule has 4 nitrogen and oxygen atoms in total. The van der Waals surface area contributed by atoms with Crippen molar-refractivity contribution in [2.24, 2.45) is 5.92 Å². The van der Waals surface area contributed by atoms with Crippen LogP contribution in [0.5, 0.6) is 0 Å². The highest BCUT2D eigenvalue weighted by atomic mass is 15.3. The quantitative estimate of drug-likeness (QED) is 0.868. The van der Waals surface area contributed by atoms with Gasteiger partial charge in [-0.2, -0.15) is 5.10 Å². The van der Waals surface area contributed by atoms with Crippen molar-refractivity contribution in [3.63, 3.8) is 0 Å². The average Bonchev–Trinajstić information content (AvgIpc) is 2.93. The lowest BCUT2D eigenvalue weighted by atomic mass is 9.96. The van der Waals surface area contributed by atoms with Crippen LogP contribution in [0.25, 0.3) is 0 Å². The Morgan fingerprint density at radius 1 is 1.50 bits per heavy atom. The molecular formula is C14H26N4. The minimum Gasteiger partial charge on any atom is -0.317 e. The first-order valence-electron chi connectivity index (χ1n) is 7.08. The Morgan fingerprint density at radius 3 is 2.89 bits per heavy atom. The molecule has 2 unspecified atom stereocenters. The van der Waals surface area contributed by atoms with Crippen LogP contribution in [0.3, 0.4) is 0 Å². The SMILES string of the molecule is CCNCC1CCN(C)C1c1cnn(C(C)C)c1. The van der Waals surface area contributed by atoms with E-state index in [-0.39, 0.29) is 0 Å². The van der Waals surface area contributed by atoms with Crippen LogP contribution in [0.15, 0.2) is 12.4 Å². The molecule has 18 heavy (non-hydrogen) atoms. The van der Waals surface area contributed by atoms with Gasteiger partial charge in [-0.3, -0.25) is 9.58 Å². The fourth-order valence-corrected chi connectivity index (χ4v) is 2.88. The molecule has 2 rings (SSSR count). The molecule has 2 heterocycles. The topological polar surface area (TPSA) is 33.1 Å². The van der Waals surface area contributed by atoms with Gasteiger partial charge in [-0.05, 0) is 52.9 Å². The van der Waals surface area contributed by atoms with Crippen molar-refractivity contribution in [2.45, 2.75) is 39.3 Å². The third-order valence-corrected chi connectivity index (χ3v) is 3.92. The number of rotatable bonds is 5. The first-order valence-corrected chi connectivity index (χ1v) is 7.08. The van der Waals surface area contributed by atoms with Gasteiger partial charge in [0.2, 0.25) is 0 Å². The Kier molecular flexibility index (Phi) is 4.40. The highest BCUT2D eigenvalue weighted by Crippen LogP contribution is 2.35. The monoisotopic (exact) mass is 250 g/mol. The predicted molar refractivity (Wildman–Crippen MR) is 74.6 cm³/mol. The van der Waals surface area contributed by atoms with Gasteiger partial charge in [0.15, 0.2) is 0 Å². The zero-order valence-electron chi connectivity index (χ0n) is 12.1. The first kappa shape index (κ1) is 13.6. The number of hydrogen-bond donors (Lipinski definition) is 1. The number of aromatic nitrogens is 2. The molecule has 0 bridgehead atoms. The van der Waals surface area contributed by atoms with Crippen LogP contribution in [0.2, 0.25) is 0 Å². The second-order valence-electron chi connectivity index (χ2n) is 5.63. The molecule has 1 saturated heterocycles. The molecular weight excluding hydrogens is 224 g/mol. The predicted octanol–water partition coefficient (Wildman–Crippen LogP) is 2.07. The maximum atomic E-state index is 4.48. The maximum absolute atomic E-state index is 4.48. The summed E-state index contributed by atoms with van der Waals surface area (Å²) < 4.78 is 2.06. The van der Waals surface area contributed by atoms with E-state index in [1.54, 1.807) is 0 Å². The zero-order valence-corrected chi connectivity index (χ0v) is 12.1. The van der Waals surface area contributed by atoms with E-state index in [2.05, 4.69) is 54.0 Å². The summed E-state index contributed by atoms with van der Waals surface area (Å²) in [5.41, 5.74) is 1.37. The molecule has 1 fully saturated rings. The molecule has 2 atom stereocenters. The van der Waals surface area contributed by atoms with E-state index in [1.165, 1.54) is 18.5 Å². The lowest BCUT2D eigenvalue weighted by molar-refractivity contribution is 0.272. The lowest BCUT2D eigenvalue weighted by Gasteiger charge is -2.24. The molecule has 0 saturated carbocycles. The van der Waals surface area contributed by atoms with Crippen LogP contribution in [-0.2, 0) is 0 Å². The van der Waals surface area contributed by atoms with Crippen LogP contribution in [-0.4, -0.2) is 41.4 Å². The average molecular weight is 250 g/mol. The molecule has 1 aliphatic heterocycles. The van der Waals surface area contributed by atoms with Gasteiger partial charge in [-0.25, -0.2) is 0 Å². The van der Waals surface area contributed by atoms with Crippen LogP contribution in [0, 0.1) is 5.92 Å². The van der Waals surface area contributed by atoms with Gasteiger partial charge in [-0.15, -0.1) is 0 Å². The van der Waals surface area contributed by atoms with E-state index in [1.807, 2.05) is 6.20 Å². The van der Waals surface area contributed by atoms with Crippen molar-refractivity contribution in [3.05, 3.63) is 18.0 Å². The molecule has 0 radical (unpaired) electrons. The molecule has 0 aliphatic carbocycles. The third-order valence-electron chi connectivity index (χ3n) is 3.92. The fraction of sp³-hybridized carbons (Fsp3) is 0.786. The summed E-state index contributed by atoms with van der Waals surface area (Å²) in [7, 11) is 2.23. The molecule has 4 heteroatoms. The van der Waals surface area contributed by atoms with Crippen molar-refractivity contribution in [1.29, 1.82) is 0 Å². The highest BCUT2D eigenvalue weighted by Gasteiger charge is 2.33. The zero-order chi connectivity index (χ0) is 13.1. The van der Waals surface area contributed by atoms with Crippen molar-refractivity contribution in [2.75, 3.05) is 26.7 Å². The lowest BCUT2D eigenvalue weighted by Crippen LogP contribution is -2.28. The smallest absolute Gasteiger partial charge is 0.0537 e. The fourth-order valence-electron chi connectivity index (χ4n) is 2.88. The Bertz CT molecular complexity index is 372. The minimum absolute atomic E-state index is 0.442. The summed E-state index contributed by atoms with van der Waals surface area (Å²) in [6.45, 7) is 9.87. The maximum Gasteiger partial charge on any atom is 0.0537 e. The van der Waals surface area contributed by atoms with Gasteiger partial charge >= 0.3 is 0 Å². The molecule has 102 valence electrons. The first-order chi connectivity index (χ1) is 8.63. The standard InChI is InChI=1S/C14H26N4/c1-5-15-8-12-6-7-17(4)14(12)13-9-16-18(10-13)11(2)3/h9-12,14-15H,5-8H2,1-4H3. The van der Waals surface area contributed by atoms with Crippen LogP contribution in [0.1, 0.15) is 44.8 Å². The minimum atomic E-state index is 0.442. The molecule has 0 aromatic carbocycles. The summed E-state index contributed by atoms with van der Waals surface area (Å²) in [6, 6.07) is 0.967. The Labute approximate surface area is 110 Å². The van der Waals surface area contributed by atoms with Gasteiger partial charge in [0.1, 0.15) is 0 Å². The van der Waals surface area contributed by atoms with Gasteiger partial charge < -0.3 is 5.32 Å². The van der Waals surface area contributed by atoms with Crippen molar-refractivity contribution in [1.82, 2.24) is 20.0 Å². The molecule has 1 N–H and O–H groups in total. The third kappa shape index (κ3) is 2.75. The summed E-state index contributed by atoms with van der Waals surface area (Å²) >= 11 is 0. The largest absolute Gasteiger partial charge is 0.317 e. The summed E-state index contributed by atoms with van der Waals surface area (Å²) in [4.78, 5) is 2.46. The van der Waals surface area contributed by atoms with Gasteiger partial charge in [-0.1, -0.05) is 6.92 Å². The van der Waals surface area contributed by atoms with Gasteiger partial charge in [0, 0.05) is 23.8 Å². The number of nitrogens with zero attached hydrogens (tertiary/aromatic N) is 3. The van der Waals surface area contributed by atoms with E-state index in [0.717, 1.165) is 13.1 Å². The van der Waals surface area contributed by atoms with Gasteiger partial charge in [0.25, 0.3) is 0 Å². The second-order valence-corrected chi connectivity index (χ2v) is 5.63. The number of hydrogen-bond acceptors (Lipinski definition) is 3. The normalized spacial score (nSPS) is 25.2. The highest BCUT2D eigenvalue weighted by molar-refractivity contribution is 5.14.